The predicted molar refractivity (Wildman–Crippen MR) is 128 cm³/mol. The summed E-state index contributed by atoms with van der Waals surface area (Å²) in [5.41, 5.74) is 4.87. The van der Waals surface area contributed by atoms with Crippen molar-refractivity contribution in [2.24, 2.45) is 5.73 Å². The lowest BCUT2D eigenvalue weighted by molar-refractivity contribution is -0.238. The van der Waals surface area contributed by atoms with E-state index in [-0.39, 0.29) is 18.9 Å². The first-order valence-electron chi connectivity index (χ1n) is 11.2. The maximum absolute atomic E-state index is 13.3. The zero-order chi connectivity index (χ0) is 24.4. The average Bonchev–Trinajstić information content (AvgIpc) is 2.77. The first-order chi connectivity index (χ1) is 15.0. The molecule has 9 heteroatoms. The molecule has 1 amide bonds. The Balaban J connectivity index is 3.27. The van der Waals surface area contributed by atoms with Crippen molar-refractivity contribution < 1.29 is 24.6 Å². The third kappa shape index (κ3) is 6.92. The Hall–Kier alpha value is -1.65. The Morgan fingerprint density at radius 3 is 2.38 bits per heavy atom. The van der Waals surface area contributed by atoms with Crippen LogP contribution in [-0.4, -0.2) is 56.9 Å². The third-order valence-corrected chi connectivity index (χ3v) is 6.17. The van der Waals surface area contributed by atoms with Gasteiger partial charge in [0, 0.05) is 6.42 Å². The van der Waals surface area contributed by atoms with Gasteiger partial charge in [-0.1, -0.05) is 63.9 Å². The van der Waals surface area contributed by atoms with Crippen LogP contribution in [0.1, 0.15) is 71.3 Å². The molecule has 2 unspecified atom stereocenters. The number of unbranched alkanes of at least 4 members (excludes halogenated alkanes) is 2. The number of hydrogen-bond acceptors (Lipinski definition) is 7. The molecule has 0 aliphatic rings. The maximum Gasteiger partial charge on any atom is 0.348 e. The Kier molecular flexibility index (Phi) is 11.7. The predicted octanol–water partition coefficient (Wildman–Crippen LogP) is 2.88. The number of nitrogens with one attached hydrogen (secondary N) is 1. The summed E-state index contributed by atoms with van der Waals surface area (Å²) < 4.78 is -1.77. The van der Waals surface area contributed by atoms with E-state index in [4.69, 9.17) is 10.6 Å². The van der Waals surface area contributed by atoms with Gasteiger partial charge in [-0.15, -0.1) is 0 Å². The SMILES string of the molecule is CCCCCON(C(=O)CC(C)c1ccccc1)[C@](N)(C(=O)O)[C@](C)(S)C(O)NCCC. The van der Waals surface area contributed by atoms with Crippen molar-refractivity contribution in [2.75, 3.05) is 13.2 Å². The van der Waals surface area contributed by atoms with Crippen LogP contribution in [0.2, 0.25) is 0 Å². The van der Waals surface area contributed by atoms with Crippen molar-refractivity contribution in [1.82, 2.24) is 10.4 Å². The number of aliphatic carboxylic acids is 1. The van der Waals surface area contributed by atoms with Crippen LogP contribution in [0.4, 0.5) is 0 Å². The Morgan fingerprint density at radius 2 is 1.84 bits per heavy atom. The molecule has 0 saturated carbocycles. The van der Waals surface area contributed by atoms with Crippen LogP contribution in [0.25, 0.3) is 0 Å². The van der Waals surface area contributed by atoms with Crippen molar-refractivity contribution in [1.29, 1.82) is 0 Å². The number of aliphatic hydroxyl groups excluding tert-OH is 1. The Bertz CT molecular complexity index is 719. The van der Waals surface area contributed by atoms with Gasteiger partial charge in [0.1, 0.15) is 6.23 Å². The van der Waals surface area contributed by atoms with E-state index in [0.717, 1.165) is 18.4 Å². The molecule has 0 heterocycles. The highest BCUT2D eigenvalue weighted by Crippen LogP contribution is 2.35. The number of hydroxylamine groups is 2. The van der Waals surface area contributed by atoms with E-state index in [0.29, 0.717) is 24.4 Å². The summed E-state index contributed by atoms with van der Waals surface area (Å²) in [5, 5.41) is 24.3. The number of rotatable bonds is 15. The molecule has 4 atom stereocenters. The fourth-order valence-electron chi connectivity index (χ4n) is 3.32. The van der Waals surface area contributed by atoms with Crippen molar-refractivity contribution in [2.45, 2.75) is 82.4 Å². The van der Waals surface area contributed by atoms with Crippen LogP contribution in [0, 0.1) is 0 Å². The summed E-state index contributed by atoms with van der Waals surface area (Å²) in [4.78, 5) is 31.5. The number of nitrogens with zero attached hydrogens (tertiary/aromatic N) is 1. The Labute approximate surface area is 196 Å². The zero-order valence-electron chi connectivity index (χ0n) is 19.6. The van der Waals surface area contributed by atoms with Gasteiger partial charge in [-0.25, -0.2) is 4.79 Å². The van der Waals surface area contributed by atoms with Gasteiger partial charge in [-0.3, -0.25) is 20.7 Å². The molecule has 0 aliphatic carbocycles. The fourth-order valence-corrected chi connectivity index (χ4v) is 3.60. The number of aliphatic hydroxyl groups is 1. The van der Waals surface area contributed by atoms with E-state index in [1.54, 1.807) is 0 Å². The van der Waals surface area contributed by atoms with E-state index in [1.165, 1.54) is 6.92 Å². The molecular formula is C23H39N3O5S. The first-order valence-corrected chi connectivity index (χ1v) is 11.7. The van der Waals surface area contributed by atoms with E-state index in [9.17, 15) is 19.8 Å². The van der Waals surface area contributed by atoms with Crippen molar-refractivity contribution in [3.05, 3.63) is 35.9 Å². The molecular weight excluding hydrogens is 430 g/mol. The molecule has 0 spiro atoms. The molecule has 0 fully saturated rings. The van der Waals surface area contributed by atoms with Crippen LogP contribution < -0.4 is 11.1 Å². The number of carboxylic acids is 1. The normalized spacial score (nSPS) is 17.1. The molecule has 1 rings (SSSR count). The van der Waals surface area contributed by atoms with Crippen LogP contribution in [0.15, 0.2) is 30.3 Å². The summed E-state index contributed by atoms with van der Waals surface area (Å²) in [7, 11) is 0. The van der Waals surface area contributed by atoms with E-state index >= 15 is 0 Å². The number of thiol groups is 1. The Morgan fingerprint density at radius 1 is 1.22 bits per heavy atom. The minimum atomic E-state index is -2.43. The standard InChI is InChI=1S/C23H39N3O5S/c1-5-7-11-15-31-26(19(27)16-17(3)18-12-9-8-10-13-18)23(24,21(29)30)22(4,32)20(28)25-14-6-2/h8-10,12-13,17,20,25,28,32H,5-7,11,14-16,24H2,1-4H3,(H,29,30)/t17?,20?,22-,23-/m1/s1. The number of nitrogens with two attached hydrogens (primary N) is 1. The second kappa shape index (κ2) is 13.2. The largest absolute Gasteiger partial charge is 0.478 e. The number of benzene rings is 1. The number of amides is 1. The molecule has 0 saturated heterocycles. The molecule has 0 aromatic heterocycles. The summed E-state index contributed by atoms with van der Waals surface area (Å²) in [6.45, 7) is 7.72. The second-order valence-electron chi connectivity index (χ2n) is 8.32. The van der Waals surface area contributed by atoms with E-state index in [2.05, 4.69) is 17.9 Å². The van der Waals surface area contributed by atoms with Gasteiger partial charge in [0.15, 0.2) is 0 Å². The third-order valence-electron chi connectivity index (χ3n) is 5.58. The van der Waals surface area contributed by atoms with Crippen molar-refractivity contribution >= 4 is 24.5 Å². The maximum atomic E-state index is 13.3. The van der Waals surface area contributed by atoms with Gasteiger partial charge in [-0.2, -0.15) is 17.7 Å². The molecule has 182 valence electrons. The molecule has 32 heavy (non-hydrogen) atoms. The zero-order valence-corrected chi connectivity index (χ0v) is 20.5. The van der Waals surface area contributed by atoms with Gasteiger partial charge in [0.25, 0.3) is 0 Å². The molecule has 8 nitrogen and oxygen atoms in total. The molecule has 0 bridgehead atoms. The second-order valence-corrected chi connectivity index (χ2v) is 9.25. The highest BCUT2D eigenvalue weighted by molar-refractivity contribution is 7.82. The quantitative estimate of drug-likeness (QED) is 0.116. The summed E-state index contributed by atoms with van der Waals surface area (Å²) >= 11 is 4.44. The number of carbonyl (C=O) groups is 2. The minimum absolute atomic E-state index is 0.0215. The van der Waals surface area contributed by atoms with Gasteiger partial charge < -0.3 is 10.2 Å². The highest BCUT2D eigenvalue weighted by Gasteiger charge is 2.60. The topological polar surface area (TPSA) is 125 Å². The number of carbonyl (C=O) groups excluding carboxylic acids is 1. The summed E-state index contributed by atoms with van der Waals surface area (Å²) in [6.07, 6.45) is 1.69. The van der Waals surface area contributed by atoms with Gasteiger partial charge >= 0.3 is 5.97 Å². The number of hydrogen-bond donors (Lipinski definition) is 5. The van der Waals surface area contributed by atoms with Crippen molar-refractivity contribution in [3.63, 3.8) is 0 Å². The van der Waals surface area contributed by atoms with Crippen LogP contribution >= 0.6 is 12.6 Å². The van der Waals surface area contributed by atoms with Gasteiger partial charge in [-0.05, 0) is 37.8 Å². The monoisotopic (exact) mass is 469 g/mol. The molecule has 5 N–H and O–H groups in total. The van der Waals surface area contributed by atoms with E-state index in [1.807, 2.05) is 51.1 Å². The fraction of sp³-hybridized carbons (Fsp3) is 0.652. The molecule has 1 aromatic rings. The summed E-state index contributed by atoms with van der Waals surface area (Å²) in [5.74, 6) is -2.31. The first kappa shape index (κ1) is 28.4. The molecule has 0 radical (unpaired) electrons. The van der Waals surface area contributed by atoms with Gasteiger partial charge in [0.2, 0.25) is 11.6 Å². The highest BCUT2D eigenvalue weighted by atomic mass is 32.1. The van der Waals surface area contributed by atoms with E-state index < -0.39 is 28.5 Å². The van der Waals surface area contributed by atoms with Crippen LogP contribution in [-0.2, 0) is 14.4 Å². The van der Waals surface area contributed by atoms with Crippen LogP contribution in [0.3, 0.4) is 0 Å². The average molecular weight is 470 g/mol. The number of carboxylic acid groups (broad SMARTS) is 1. The lowest BCUT2D eigenvalue weighted by Gasteiger charge is -2.47. The van der Waals surface area contributed by atoms with Crippen LogP contribution in [0.5, 0.6) is 0 Å². The summed E-state index contributed by atoms with van der Waals surface area (Å²) in [6, 6.07) is 9.44. The van der Waals surface area contributed by atoms with Crippen molar-refractivity contribution in [3.8, 4) is 0 Å². The lowest BCUT2D eigenvalue weighted by Crippen LogP contribution is -2.77. The van der Waals surface area contributed by atoms with Gasteiger partial charge in [0.05, 0.1) is 11.4 Å². The lowest BCUT2D eigenvalue weighted by atomic mass is 9.89. The minimum Gasteiger partial charge on any atom is -0.478 e. The molecule has 0 aliphatic heterocycles. The smallest absolute Gasteiger partial charge is 0.348 e. The molecule has 1 aromatic carbocycles.